The van der Waals surface area contributed by atoms with Crippen LogP contribution in [0.1, 0.15) is 58.8 Å². The average Bonchev–Trinajstić information content (AvgIpc) is 2.46. The molecule has 2 unspecified atom stereocenters. The molecule has 18 heavy (non-hydrogen) atoms. The van der Waals surface area contributed by atoms with Crippen LogP contribution in [0.4, 0.5) is 0 Å². The van der Waals surface area contributed by atoms with Crippen LogP contribution in [0.2, 0.25) is 0 Å². The summed E-state index contributed by atoms with van der Waals surface area (Å²) in [5.74, 6) is 1.92. The fraction of sp³-hybridized carbons (Fsp3) is 1.00. The molecule has 1 heterocycles. The van der Waals surface area contributed by atoms with Crippen LogP contribution in [0.15, 0.2) is 0 Å². The lowest BCUT2D eigenvalue weighted by molar-refractivity contribution is 0.0839. The molecule has 0 radical (unpaired) electrons. The first-order chi connectivity index (χ1) is 8.85. The van der Waals surface area contributed by atoms with Crippen LogP contribution in [-0.2, 0) is 0 Å². The molecule has 0 aromatic heterocycles. The third-order valence-electron chi connectivity index (χ3n) is 5.22. The molecule has 106 valence electrons. The Bertz CT molecular complexity index is 223. The fourth-order valence-electron chi connectivity index (χ4n) is 4.04. The zero-order chi connectivity index (χ0) is 12.8. The molecule has 2 fully saturated rings. The van der Waals surface area contributed by atoms with Gasteiger partial charge in [0.05, 0.1) is 0 Å². The van der Waals surface area contributed by atoms with E-state index >= 15 is 0 Å². The van der Waals surface area contributed by atoms with Gasteiger partial charge in [-0.3, -0.25) is 0 Å². The first kappa shape index (κ1) is 14.3. The van der Waals surface area contributed by atoms with Crippen molar-refractivity contribution in [1.29, 1.82) is 0 Å². The molecule has 2 heteroatoms. The van der Waals surface area contributed by atoms with Crippen molar-refractivity contribution in [2.45, 2.75) is 64.8 Å². The third kappa shape index (κ3) is 3.71. The lowest BCUT2D eigenvalue weighted by Gasteiger charge is -2.41. The van der Waals surface area contributed by atoms with Crippen molar-refractivity contribution in [3.05, 3.63) is 0 Å². The molecule has 0 bridgehead atoms. The van der Waals surface area contributed by atoms with E-state index in [1.807, 2.05) is 0 Å². The normalized spacial score (nSPS) is 30.8. The Morgan fingerprint density at radius 1 is 1.00 bits per heavy atom. The molecule has 1 N–H and O–H groups in total. The first-order valence-corrected chi connectivity index (χ1v) is 8.29. The lowest BCUT2D eigenvalue weighted by Crippen LogP contribution is -2.46. The molecule has 2 nitrogen and oxygen atoms in total. The Morgan fingerprint density at radius 2 is 1.72 bits per heavy atom. The molecule has 2 aliphatic rings. The molecule has 1 saturated heterocycles. The monoisotopic (exact) mass is 252 g/mol. The number of hydrogen-bond donors (Lipinski definition) is 1. The second kappa shape index (κ2) is 7.49. The summed E-state index contributed by atoms with van der Waals surface area (Å²) in [6, 6.07) is 0.892. The van der Waals surface area contributed by atoms with Gasteiger partial charge in [0.1, 0.15) is 0 Å². The highest BCUT2D eigenvalue weighted by Gasteiger charge is 2.29. The minimum atomic E-state index is 0.892. The van der Waals surface area contributed by atoms with E-state index in [2.05, 4.69) is 24.1 Å². The summed E-state index contributed by atoms with van der Waals surface area (Å²) in [6.45, 7) is 9.85. The zero-order valence-electron chi connectivity index (χ0n) is 12.5. The Kier molecular flexibility index (Phi) is 5.97. The van der Waals surface area contributed by atoms with Crippen LogP contribution in [0.25, 0.3) is 0 Å². The number of hydrogen-bond acceptors (Lipinski definition) is 2. The maximum absolute atomic E-state index is 3.49. The van der Waals surface area contributed by atoms with E-state index in [1.54, 1.807) is 0 Å². The van der Waals surface area contributed by atoms with Gasteiger partial charge in [0, 0.05) is 12.6 Å². The molecule has 0 amide bonds. The second-order valence-electron chi connectivity index (χ2n) is 6.30. The highest BCUT2D eigenvalue weighted by molar-refractivity contribution is 4.84. The van der Waals surface area contributed by atoms with E-state index in [0.717, 1.165) is 17.9 Å². The van der Waals surface area contributed by atoms with E-state index in [-0.39, 0.29) is 0 Å². The van der Waals surface area contributed by atoms with Crippen molar-refractivity contribution in [3.8, 4) is 0 Å². The van der Waals surface area contributed by atoms with Crippen molar-refractivity contribution >= 4 is 0 Å². The summed E-state index contributed by atoms with van der Waals surface area (Å²) in [5, 5.41) is 3.49. The van der Waals surface area contributed by atoms with Crippen LogP contribution in [0.3, 0.4) is 0 Å². The summed E-state index contributed by atoms with van der Waals surface area (Å²) < 4.78 is 0. The highest BCUT2D eigenvalue weighted by atomic mass is 15.2. The Morgan fingerprint density at radius 3 is 2.39 bits per heavy atom. The van der Waals surface area contributed by atoms with Gasteiger partial charge in [0.15, 0.2) is 0 Å². The van der Waals surface area contributed by atoms with Gasteiger partial charge < -0.3 is 10.2 Å². The Labute approximate surface area is 114 Å². The van der Waals surface area contributed by atoms with Crippen LogP contribution >= 0.6 is 0 Å². The fourth-order valence-corrected chi connectivity index (χ4v) is 4.04. The second-order valence-corrected chi connectivity index (χ2v) is 6.30. The molecule has 1 aliphatic heterocycles. The van der Waals surface area contributed by atoms with E-state index in [9.17, 15) is 0 Å². The minimum absolute atomic E-state index is 0.892. The molecule has 0 aromatic carbocycles. The predicted molar refractivity (Wildman–Crippen MR) is 78.9 cm³/mol. The summed E-state index contributed by atoms with van der Waals surface area (Å²) in [7, 11) is 0. The molecule has 1 saturated carbocycles. The summed E-state index contributed by atoms with van der Waals surface area (Å²) in [6.07, 6.45) is 10.0. The van der Waals surface area contributed by atoms with Gasteiger partial charge in [-0.05, 0) is 57.2 Å². The van der Waals surface area contributed by atoms with Gasteiger partial charge in [-0.15, -0.1) is 0 Å². The SMILES string of the molecule is CCC1CCCCC1N(CC)CC1CCNCC1. The Hall–Kier alpha value is -0.0800. The molecule has 2 atom stereocenters. The standard InChI is InChI=1S/C16H32N2/c1-3-15-7-5-6-8-16(15)18(4-2)13-14-9-11-17-12-10-14/h14-17H,3-13H2,1-2H3. The number of nitrogens with one attached hydrogen (secondary N) is 1. The minimum Gasteiger partial charge on any atom is -0.317 e. The zero-order valence-corrected chi connectivity index (χ0v) is 12.5. The van der Waals surface area contributed by atoms with Gasteiger partial charge in [-0.2, -0.15) is 0 Å². The van der Waals surface area contributed by atoms with Gasteiger partial charge in [0.25, 0.3) is 0 Å². The van der Waals surface area contributed by atoms with Gasteiger partial charge in [0.2, 0.25) is 0 Å². The number of rotatable bonds is 5. The van der Waals surface area contributed by atoms with Gasteiger partial charge in [-0.1, -0.05) is 33.1 Å². The molecule has 2 rings (SSSR count). The molecule has 0 spiro atoms. The third-order valence-corrected chi connectivity index (χ3v) is 5.22. The number of nitrogens with zero attached hydrogens (tertiary/aromatic N) is 1. The smallest absolute Gasteiger partial charge is 0.0123 e. The van der Waals surface area contributed by atoms with Crippen molar-refractivity contribution in [1.82, 2.24) is 10.2 Å². The van der Waals surface area contributed by atoms with Crippen molar-refractivity contribution < 1.29 is 0 Å². The molecule has 1 aliphatic carbocycles. The van der Waals surface area contributed by atoms with Gasteiger partial charge in [-0.25, -0.2) is 0 Å². The topological polar surface area (TPSA) is 15.3 Å². The largest absolute Gasteiger partial charge is 0.317 e. The van der Waals surface area contributed by atoms with Crippen LogP contribution in [-0.4, -0.2) is 37.1 Å². The first-order valence-electron chi connectivity index (χ1n) is 8.29. The van der Waals surface area contributed by atoms with Crippen molar-refractivity contribution in [2.24, 2.45) is 11.8 Å². The summed E-state index contributed by atoms with van der Waals surface area (Å²) >= 11 is 0. The summed E-state index contributed by atoms with van der Waals surface area (Å²) in [5.41, 5.74) is 0. The highest BCUT2D eigenvalue weighted by Crippen LogP contribution is 2.31. The van der Waals surface area contributed by atoms with Crippen LogP contribution in [0, 0.1) is 11.8 Å². The quantitative estimate of drug-likeness (QED) is 0.808. The van der Waals surface area contributed by atoms with Crippen molar-refractivity contribution in [3.63, 3.8) is 0 Å². The van der Waals surface area contributed by atoms with E-state index in [4.69, 9.17) is 0 Å². The van der Waals surface area contributed by atoms with Gasteiger partial charge >= 0.3 is 0 Å². The lowest BCUT2D eigenvalue weighted by atomic mass is 9.81. The summed E-state index contributed by atoms with van der Waals surface area (Å²) in [4.78, 5) is 2.82. The average molecular weight is 252 g/mol. The van der Waals surface area contributed by atoms with Crippen LogP contribution in [0.5, 0.6) is 0 Å². The van der Waals surface area contributed by atoms with E-state index < -0.39 is 0 Å². The van der Waals surface area contributed by atoms with E-state index in [1.165, 1.54) is 71.1 Å². The molecular weight excluding hydrogens is 220 g/mol. The number of piperidine rings is 1. The molecule has 0 aromatic rings. The Balaban J connectivity index is 1.89. The van der Waals surface area contributed by atoms with Crippen LogP contribution < -0.4 is 5.32 Å². The molecular formula is C16H32N2. The van der Waals surface area contributed by atoms with E-state index in [0.29, 0.717) is 0 Å². The predicted octanol–water partition coefficient (Wildman–Crippen LogP) is 3.28. The maximum Gasteiger partial charge on any atom is 0.0123 e. The van der Waals surface area contributed by atoms with Crippen molar-refractivity contribution in [2.75, 3.05) is 26.2 Å². The maximum atomic E-state index is 3.49.